The number of carbonyl (C=O) groups excluding carboxylic acids is 3. The zero-order valence-corrected chi connectivity index (χ0v) is 19.2. The van der Waals surface area contributed by atoms with E-state index in [1.165, 1.54) is 47.0 Å². The van der Waals surface area contributed by atoms with Crippen LogP contribution in [0, 0.1) is 5.82 Å². The second-order valence-corrected chi connectivity index (χ2v) is 8.96. The Balaban J connectivity index is 1.46. The van der Waals surface area contributed by atoms with Crippen molar-refractivity contribution in [3.8, 4) is 0 Å². The summed E-state index contributed by atoms with van der Waals surface area (Å²) in [6.45, 7) is 0.686. The monoisotopic (exact) mass is 493 g/mol. The maximum absolute atomic E-state index is 14.7. The minimum Gasteiger partial charge on any atom is -0.380 e. The lowest BCUT2D eigenvalue weighted by Gasteiger charge is -2.24. The number of ether oxygens (including phenoxy) is 1. The first-order chi connectivity index (χ1) is 15.9. The highest BCUT2D eigenvalue weighted by Gasteiger charge is 2.40. The van der Waals surface area contributed by atoms with Crippen molar-refractivity contribution in [2.24, 2.45) is 0 Å². The molecular formula is C21H21ClFN5O4S. The number of urea groups is 1. The Morgan fingerprint density at radius 3 is 2.73 bits per heavy atom. The van der Waals surface area contributed by atoms with Crippen LogP contribution in [-0.4, -0.2) is 65.2 Å². The molecule has 2 aliphatic rings. The summed E-state index contributed by atoms with van der Waals surface area (Å²) in [4.78, 5) is 44.5. The van der Waals surface area contributed by atoms with Crippen LogP contribution in [0.2, 0.25) is 5.02 Å². The number of amides is 4. The molecule has 0 radical (unpaired) electrons. The smallest absolute Gasteiger partial charge is 0.323 e. The molecule has 9 nitrogen and oxygen atoms in total. The number of nitrogens with zero attached hydrogens (tertiary/aromatic N) is 3. The van der Waals surface area contributed by atoms with Crippen LogP contribution < -0.4 is 15.5 Å². The second kappa shape index (κ2) is 9.94. The van der Waals surface area contributed by atoms with Crippen molar-refractivity contribution < 1.29 is 23.5 Å². The molecule has 2 fully saturated rings. The van der Waals surface area contributed by atoms with Gasteiger partial charge in [-0.15, -0.1) is 0 Å². The van der Waals surface area contributed by atoms with Gasteiger partial charge in [0.1, 0.15) is 17.7 Å². The van der Waals surface area contributed by atoms with Crippen LogP contribution in [0.4, 0.5) is 31.2 Å². The number of anilines is 3. The third kappa shape index (κ3) is 5.21. The Bertz CT molecular complexity index is 1070. The van der Waals surface area contributed by atoms with Crippen LogP contribution in [0.15, 0.2) is 36.5 Å². The highest BCUT2D eigenvalue weighted by atomic mass is 35.5. The fraction of sp³-hybridized carbons (Fsp3) is 0.333. The first-order valence-corrected chi connectivity index (χ1v) is 11.5. The number of nitrogens with one attached hydrogen (secondary N) is 2. The van der Waals surface area contributed by atoms with E-state index in [1.54, 1.807) is 18.2 Å². The highest BCUT2D eigenvalue weighted by Crippen LogP contribution is 2.29. The molecule has 2 N–H and O–H groups in total. The van der Waals surface area contributed by atoms with E-state index in [0.717, 1.165) is 0 Å². The molecule has 4 rings (SSSR count). The van der Waals surface area contributed by atoms with Gasteiger partial charge < -0.3 is 19.9 Å². The molecule has 0 aliphatic carbocycles. The number of benzene rings is 1. The van der Waals surface area contributed by atoms with Crippen molar-refractivity contribution in [2.45, 2.75) is 18.6 Å². The van der Waals surface area contributed by atoms with Crippen molar-refractivity contribution in [2.75, 3.05) is 41.5 Å². The Labute approximate surface area is 198 Å². The van der Waals surface area contributed by atoms with E-state index in [2.05, 4.69) is 15.6 Å². The van der Waals surface area contributed by atoms with Crippen LogP contribution >= 0.6 is 23.4 Å². The Kier molecular flexibility index (Phi) is 7.01. The first kappa shape index (κ1) is 23.3. The summed E-state index contributed by atoms with van der Waals surface area (Å²) in [5, 5.41) is 5.46. The second-order valence-electron chi connectivity index (χ2n) is 7.47. The fourth-order valence-electron chi connectivity index (χ4n) is 3.69. The number of hydrogen-bond acceptors (Lipinski definition) is 6. The van der Waals surface area contributed by atoms with Gasteiger partial charge in [0, 0.05) is 44.3 Å². The van der Waals surface area contributed by atoms with Gasteiger partial charge in [-0.05, 0) is 30.3 Å². The van der Waals surface area contributed by atoms with Crippen LogP contribution in [0.3, 0.4) is 0 Å². The van der Waals surface area contributed by atoms with E-state index in [1.807, 2.05) is 0 Å². The van der Waals surface area contributed by atoms with Gasteiger partial charge in [0.15, 0.2) is 0 Å². The largest absolute Gasteiger partial charge is 0.380 e. The van der Waals surface area contributed by atoms with Gasteiger partial charge in [-0.2, -0.15) is 0 Å². The molecule has 2 aromatic rings. The summed E-state index contributed by atoms with van der Waals surface area (Å²) in [7, 11) is 1.50. The maximum Gasteiger partial charge on any atom is 0.323 e. The maximum atomic E-state index is 14.7. The number of aromatic nitrogens is 1. The summed E-state index contributed by atoms with van der Waals surface area (Å²) in [5.41, 5.74) is 0.390. The minimum atomic E-state index is -0.877. The van der Waals surface area contributed by atoms with Crippen LogP contribution in [-0.2, 0) is 9.53 Å². The van der Waals surface area contributed by atoms with Gasteiger partial charge in [-0.25, -0.2) is 14.2 Å². The van der Waals surface area contributed by atoms with Gasteiger partial charge in [-0.3, -0.25) is 14.9 Å². The average Bonchev–Trinajstić information content (AvgIpc) is 3.43. The molecule has 0 spiro atoms. The van der Waals surface area contributed by atoms with Crippen molar-refractivity contribution >= 4 is 57.7 Å². The molecule has 174 valence electrons. The zero-order valence-electron chi connectivity index (χ0n) is 17.6. The summed E-state index contributed by atoms with van der Waals surface area (Å²) >= 11 is 6.99. The molecule has 0 bridgehead atoms. The number of pyridine rings is 1. The number of hydrogen-bond donors (Lipinski definition) is 2. The molecular weight excluding hydrogens is 473 g/mol. The fourth-order valence-corrected chi connectivity index (χ4v) is 4.60. The van der Waals surface area contributed by atoms with Gasteiger partial charge in [0.25, 0.3) is 5.24 Å². The SMILES string of the molecule is CO[C@@H]1C[C@H](C(=O)Nc2ccc(N3CCSC3=O)cc2F)N(C(=O)Nc2ccc(Cl)cn2)C1. The van der Waals surface area contributed by atoms with Crippen molar-refractivity contribution in [3.05, 3.63) is 47.4 Å². The summed E-state index contributed by atoms with van der Waals surface area (Å²) in [6, 6.07) is 5.90. The van der Waals surface area contributed by atoms with Crippen molar-refractivity contribution in [1.82, 2.24) is 9.88 Å². The predicted molar refractivity (Wildman–Crippen MR) is 124 cm³/mol. The topological polar surface area (TPSA) is 104 Å². The average molecular weight is 494 g/mol. The summed E-state index contributed by atoms with van der Waals surface area (Å²) in [5.74, 6) is -0.299. The molecule has 4 amide bonds. The molecule has 2 atom stereocenters. The lowest BCUT2D eigenvalue weighted by molar-refractivity contribution is -0.119. The molecule has 2 saturated heterocycles. The first-order valence-electron chi connectivity index (χ1n) is 10.1. The number of thioether (sulfide) groups is 1. The van der Waals surface area contributed by atoms with E-state index in [4.69, 9.17) is 16.3 Å². The van der Waals surface area contributed by atoms with Gasteiger partial charge >= 0.3 is 6.03 Å². The molecule has 12 heteroatoms. The predicted octanol–water partition coefficient (Wildman–Crippen LogP) is 3.81. The van der Waals surface area contributed by atoms with E-state index in [9.17, 15) is 18.8 Å². The number of rotatable bonds is 5. The quantitative estimate of drug-likeness (QED) is 0.656. The van der Waals surface area contributed by atoms with Crippen molar-refractivity contribution in [1.29, 1.82) is 0 Å². The Morgan fingerprint density at radius 1 is 1.27 bits per heavy atom. The normalized spacial score (nSPS) is 20.3. The van der Waals surface area contributed by atoms with Crippen molar-refractivity contribution in [3.63, 3.8) is 0 Å². The Morgan fingerprint density at radius 2 is 2.09 bits per heavy atom. The standard InChI is InChI=1S/C21H21ClFN5O4S/c1-32-14-9-17(28(11-14)20(30)26-18-5-2-12(22)10-24-18)19(29)25-16-4-3-13(8-15(16)23)27-6-7-33-21(27)31/h2-5,8,10,14,17H,6-7,9,11H2,1H3,(H,25,29)(H,24,26,30)/t14-,17-/m1/s1. The Hall–Kier alpha value is -2.89. The molecule has 0 saturated carbocycles. The number of likely N-dealkylation sites (tertiary alicyclic amines) is 1. The van der Waals surface area contributed by atoms with E-state index >= 15 is 0 Å². The highest BCUT2D eigenvalue weighted by molar-refractivity contribution is 8.14. The number of halogens is 2. The van der Waals surface area contributed by atoms with Gasteiger partial charge in [-0.1, -0.05) is 23.4 Å². The molecule has 3 heterocycles. The van der Waals surface area contributed by atoms with Gasteiger partial charge in [0.05, 0.1) is 16.8 Å². The van der Waals surface area contributed by atoms with E-state index in [0.29, 0.717) is 23.0 Å². The lowest BCUT2D eigenvalue weighted by Crippen LogP contribution is -2.45. The molecule has 1 aromatic carbocycles. The number of carbonyl (C=O) groups is 3. The summed E-state index contributed by atoms with van der Waals surface area (Å²) in [6.07, 6.45) is 1.29. The number of methoxy groups -OCH3 is 1. The van der Waals surface area contributed by atoms with Crippen LogP contribution in [0.1, 0.15) is 6.42 Å². The zero-order chi connectivity index (χ0) is 23.5. The summed E-state index contributed by atoms with van der Waals surface area (Å²) < 4.78 is 20.0. The molecule has 1 aromatic heterocycles. The van der Waals surface area contributed by atoms with Gasteiger partial charge in [0.2, 0.25) is 5.91 Å². The molecule has 0 unspecified atom stereocenters. The third-order valence-corrected chi connectivity index (χ3v) is 6.48. The van der Waals surface area contributed by atoms with Crippen LogP contribution in [0.25, 0.3) is 0 Å². The third-order valence-electron chi connectivity index (χ3n) is 5.40. The molecule has 2 aliphatic heterocycles. The molecule has 33 heavy (non-hydrogen) atoms. The van der Waals surface area contributed by atoms with E-state index < -0.39 is 23.8 Å². The van der Waals surface area contributed by atoms with E-state index in [-0.39, 0.29) is 35.8 Å². The van der Waals surface area contributed by atoms with Crippen LogP contribution in [0.5, 0.6) is 0 Å². The minimum absolute atomic E-state index is 0.0383. The lowest BCUT2D eigenvalue weighted by atomic mass is 10.1.